The van der Waals surface area contributed by atoms with Gasteiger partial charge < -0.3 is 20.1 Å². The lowest BCUT2D eigenvalue weighted by Crippen LogP contribution is -2.30. The Morgan fingerprint density at radius 2 is 2.15 bits per heavy atom. The van der Waals surface area contributed by atoms with Gasteiger partial charge in [-0.2, -0.15) is 16.7 Å². The molecule has 1 saturated heterocycles. The number of nitrogens with one attached hydrogen (secondary N) is 2. The zero-order valence-electron chi connectivity index (χ0n) is 14.7. The summed E-state index contributed by atoms with van der Waals surface area (Å²) >= 11 is 1.60. The average Bonchev–Trinajstić information content (AvgIpc) is 3.21. The molecule has 2 heterocycles. The van der Waals surface area contributed by atoms with Crippen molar-refractivity contribution in [2.45, 2.75) is 38.1 Å². The van der Waals surface area contributed by atoms with Crippen LogP contribution < -0.4 is 15.5 Å². The summed E-state index contributed by atoms with van der Waals surface area (Å²) in [6.45, 7) is 2.19. The molecule has 1 aliphatic rings. The first-order chi connectivity index (χ1) is 12.6. The highest BCUT2D eigenvalue weighted by atomic mass is 32.2. The van der Waals surface area contributed by atoms with Gasteiger partial charge in [0.05, 0.1) is 12.3 Å². The third-order valence-electron chi connectivity index (χ3n) is 4.07. The molecule has 1 aromatic heterocycles. The first-order valence-electron chi connectivity index (χ1n) is 8.34. The molecule has 0 saturated carbocycles. The van der Waals surface area contributed by atoms with E-state index < -0.39 is 0 Å². The Bertz CT molecular complexity index is 777. The number of rotatable bonds is 6. The van der Waals surface area contributed by atoms with Crippen LogP contribution in [0.5, 0.6) is 0 Å². The molecule has 8 nitrogen and oxygen atoms in total. The zero-order valence-corrected chi connectivity index (χ0v) is 15.5. The van der Waals surface area contributed by atoms with E-state index >= 15 is 0 Å². The van der Waals surface area contributed by atoms with Gasteiger partial charge in [0.1, 0.15) is 0 Å². The number of hydrogen-bond acceptors (Lipinski definition) is 6. The highest BCUT2D eigenvalue weighted by Gasteiger charge is 2.28. The van der Waals surface area contributed by atoms with Gasteiger partial charge in [0.25, 0.3) is 0 Å². The SMILES string of the molecule is CSCc1noc(CNC(=O)Nc2ccc(N3C(=O)CC[C@H]3C)cc2)n1. The Balaban J connectivity index is 1.51. The van der Waals surface area contributed by atoms with E-state index in [1.807, 2.05) is 25.3 Å². The lowest BCUT2D eigenvalue weighted by Gasteiger charge is -2.21. The van der Waals surface area contributed by atoms with Crippen LogP contribution in [0.4, 0.5) is 16.2 Å². The molecular formula is C17H21N5O3S. The number of urea groups is 1. The molecule has 1 fully saturated rings. The molecule has 0 aliphatic carbocycles. The molecule has 0 bridgehead atoms. The molecule has 138 valence electrons. The van der Waals surface area contributed by atoms with E-state index in [4.69, 9.17) is 4.52 Å². The van der Waals surface area contributed by atoms with Crippen LogP contribution in [-0.4, -0.2) is 34.4 Å². The zero-order chi connectivity index (χ0) is 18.5. The predicted molar refractivity (Wildman–Crippen MR) is 100.0 cm³/mol. The third-order valence-corrected chi connectivity index (χ3v) is 4.62. The molecule has 0 spiro atoms. The maximum atomic E-state index is 12.0. The Labute approximate surface area is 155 Å². The van der Waals surface area contributed by atoms with Crippen LogP contribution in [0.3, 0.4) is 0 Å². The van der Waals surface area contributed by atoms with Crippen molar-refractivity contribution in [2.75, 3.05) is 16.5 Å². The molecule has 26 heavy (non-hydrogen) atoms. The monoisotopic (exact) mass is 375 g/mol. The van der Waals surface area contributed by atoms with Crippen molar-refractivity contribution in [1.82, 2.24) is 15.5 Å². The number of benzene rings is 1. The summed E-state index contributed by atoms with van der Waals surface area (Å²) < 4.78 is 5.06. The van der Waals surface area contributed by atoms with E-state index in [-0.39, 0.29) is 24.5 Å². The van der Waals surface area contributed by atoms with Crippen molar-refractivity contribution >= 4 is 35.1 Å². The van der Waals surface area contributed by atoms with Crippen LogP contribution >= 0.6 is 11.8 Å². The summed E-state index contributed by atoms with van der Waals surface area (Å²) in [7, 11) is 0. The Kier molecular flexibility index (Phi) is 5.77. The van der Waals surface area contributed by atoms with Gasteiger partial charge >= 0.3 is 6.03 Å². The fourth-order valence-electron chi connectivity index (χ4n) is 2.81. The van der Waals surface area contributed by atoms with Gasteiger partial charge in [-0.15, -0.1) is 0 Å². The van der Waals surface area contributed by atoms with E-state index in [2.05, 4.69) is 20.8 Å². The summed E-state index contributed by atoms with van der Waals surface area (Å²) in [4.78, 5) is 29.9. The molecule has 3 amide bonds. The number of nitrogens with zero attached hydrogens (tertiary/aromatic N) is 3. The fourth-order valence-corrected chi connectivity index (χ4v) is 3.19. The van der Waals surface area contributed by atoms with Gasteiger partial charge in [-0.3, -0.25) is 4.79 Å². The molecule has 2 N–H and O–H groups in total. The molecule has 2 aromatic rings. The number of anilines is 2. The topological polar surface area (TPSA) is 100 Å². The van der Waals surface area contributed by atoms with E-state index in [0.29, 0.717) is 29.6 Å². The predicted octanol–water partition coefficient (Wildman–Crippen LogP) is 2.77. The van der Waals surface area contributed by atoms with Gasteiger partial charge in [-0.05, 0) is 43.9 Å². The summed E-state index contributed by atoms with van der Waals surface area (Å²) in [5.41, 5.74) is 1.48. The standard InChI is InChI=1S/C17H21N5O3S/c1-11-3-8-16(23)22(11)13-6-4-12(5-7-13)19-17(24)18-9-15-20-14(10-26-2)21-25-15/h4-7,11H,3,8-10H2,1-2H3,(H2,18,19,24)/t11-/m1/s1. The van der Waals surface area contributed by atoms with E-state index in [1.165, 1.54) is 0 Å². The van der Waals surface area contributed by atoms with Crippen LogP contribution in [0.15, 0.2) is 28.8 Å². The van der Waals surface area contributed by atoms with Crippen LogP contribution in [-0.2, 0) is 17.1 Å². The summed E-state index contributed by atoms with van der Waals surface area (Å²) in [5.74, 6) is 1.77. The van der Waals surface area contributed by atoms with E-state index in [0.717, 1.165) is 12.1 Å². The molecule has 1 atom stereocenters. The molecule has 1 aromatic carbocycles. The summed E-state index contributed by atoms with van der Waals surface area (Å²) in [6, 6.07) is 7.06. The number of thioether (sulfide) groups is 1. The number of hydrogen-bond donors (Lipinski definition) is 2. The third kappa shape index (κ3) is 4.34. The fraction of sp³-hybridized carbons (Fsp3) is 0.412. The molecule has 0 unspecified atom stereocenters. The number of amides is 3. The van der Waals surface area contributed by atoms with Crippen molar-refractivity contribution < 1.29 is 14.1 Å². The van der Waals surface area contributed by atoms with Crippen molar-refractivity contribution in [3.8, 4) is 0 Å². The first-order valence-corrected chi connectivity index (χ1v) is 9.73. The number of aromatic nitrogens is 2. The van der Waals surface area contributed by atoms with Gasteiger partial charge in [0.15, 0.2) is 5.82 Å². The van der Waals surface area contributed by atoms with Crippen LogP contribution in [0.25, 0.3) is 0 Å². The van der Waals surface area contributed by atoms with Crippen LogP contribution in [0.2, 0.25) is 0 Å². The number of carbonyl (C=O) groups is 2. The van der Waals surface area contributed by atoms with Gasteiger partial charge in [-0.1, -0.05) is 5.16 Å². The Hall–Kier alpha value is -2.55. The van der Waals surface area contributed by atoms with Crippen molar-refractivity contribution in [3.63, 3.8) is 0 Å². The maximum absolute atomic E-state index is 12.0. The molecular weight excluding hydrogens is 354 g/mol. The molecule has 1 aliphatic heterocycles. The average molecular weight is 375 g/mol. The summed E-state index contributed by atoms with van der Waals surface area (Å²) in [6.07, 6.45) is 3.40. The van der Waals surface area contributed by atoms with Crippen LogP contribution in [0.1, 0.15) is 31.5 Å². The Morgan fingerprint density at radius 3 is 2.81 bits per heavy atom. The second-order valence-electron chi connectivity index (χ2n) is 6.04. The highest BCUT2D eigenvalue weighted by Crippen LogP contribution is 2.27. The maximum Gasteiger partial charge on any atom is 0.319 e. The lowest BCUT2D eigenvalue weighted by molar-refractivity contribution is -0.117. The second kappa shape index (κ2) is 8.22. The van der Waals surface area contributed by atoms with E-state index in [9.17, 15) is 9.59 Å². The number of carbonyl (C=O) groups excluding carboxylic acids is 2. The van der Waals surface area contributed by atoms with Gasteiger partial charge in [0, 0.05) is 23.8 Å². The normalized spacial score (nSPS) is 16.8. The van der Waals surface area contributed by atoms with Crippen LogP contribution in [0, 0.1) is 0 Å². The van der Waals surface area contributed by atoms with Gasteiger partial charge in [-0.25, -0.2) is 4.79 Å². The largest absolute Gasteiger partial charge is 0.337 e. The molecule has 3 rings (SSSR count). The Morgan fingerprint density at radius 1 is 1.38 bits per heavy atom. The molecule has 9 heteroatoms. The first kappa shape index (κ1) is 18.2. The van der Waals surface area contributed by atoms with E-state index in [1.54, 1.807) is 28.8 Å². The lowest BCUT2D eigenvalue weighted by atomic mass is 10.2. The smallest absolute Gasteiger partial charge is 0.319 e. The van der Waals surface area contributed by atoms with Crippen molar-refractivity contribution in [3.05, 3.63) is 36.0 Å². The highest BCUT2D eigenvalue weighted by molar-refractivity contribution is 7.97. The minimum atomic E-state index is -0.368. The summed E-state index contributed by atoms with van der Waals surface area (Å²) in [5, 5.41) is 9.22. The molecule has 0 radical (unpaired) electrons. The van der Waals surface area contributed by atoms with Gasteiger partial charge in [0.2, 0.25) is 11.8 Å². The minimum absolute atomic E-state index is 0.136. The second-order valence-corrected chi connectivity index (χ2v) is 6.91. The van der Waals surface area contributed by atoms with Crippen molar-refractivity contribution in [2.24, 2.45) is 0 Å². The minimum Gasteiger partial charge on any atom is -0.337 e. The van der Waals surface area contributed by atoms with Crippen molar-refractivity contribution in [1.29, 1.82) is 0 Å². The quantitative estimate of drug-likeness (QED) is 0.805.